The molecule has 3 atom stereocenters. The number of aliphatic hydroxyl groups is 2. The molecule has 0 aromatic carbocycles. The zero-order chi connectivity index (χ0) is 12.3. The number of nitrogens with one attached hydrogen (secondary N) is 2. The Bertz CT molecular complexity index is 242. The van der Waals surface area contributed by atoms with E-state index in [0.29, 0.717) is 13.1 Å². The molecular formula is C10H20N2O4. The first-order valence-corrected chi connectivity index (χ1v) is 5.36. The number of carbonyl (C=O) groups excluding carboxylic acids is 1. The lowest BCUT2D eigenvalue weighted by Gasteiger charge is -2.33. The SMILES string of the molecule is CC(C)(C)OC(=O)NC1[C@H](O)CNC[C@@H]1O. The van der Waals surface area contributed by atoms with Crippen LogP contribution in [0.5, 0.6) is 0 Å². The minimum absolute atomic E-state index is 0.345. The van der Waals surface area contributed by atoms with Crippen LogP contribution in [-0.2, 0) is 4.74 Å². The molecule has 6 nitrogen and oxygen atoms in total. The van der Waals surface area contributed by atoms with Gasteiger partial charge in [0.05, 0.1) is 18.2 Å². The van der Waals surface area contributed by atoms with Gasteiger partial charge in [-0.2, -0.15) is 0 Å². The van der Waals surface area contributed by atoms with Gasteiger partial charge in [0.2, 0.25) is 0 Å². The highest BCUT2D eigenvalue weighted by molar-refractivity contribution is 5.68. The summed E-state index contributed by atoms with van der Waals surface area (Å²) in [6, 6.07) is -0.684. The highest BCUT2D eigenvalue weighted by Gasteiger charge is 2.33. The Morgan fingerprint density at radius 3 is 2.25 bits per heavy atom. The molecule has 0 bridgehead atoms. The number of alkyl carbamates (subject to hydrolysis) is 1. The lowest BCUT2D eigenvalue weighted by atomic mass is 10.0. The van der Waals surface area contributed by atoms with Gasteiger partial charge in [-0.3, -0.25) is 0 Å². The van der Waals surface area contributed by atoms with E-state index in [4.69, 9.17) is 4.74 Å². The van der Waals surface area contributed by atoms with Crippen molar-refractivity contribution < 1.29 is 19.7 Å². The van der Waals surface area contributed by atoms with Crippen molar-refractivity contribution >= 4 is 6.09 Å². The van der Waals surface area contributed by atoms with Crippen LogP contribution in [0.3, 0.4) is 0 Å². The molecule has 0 spiro atoms. The number of β-amino-alcohol motifs (C(OH)–C–C–N with tert-alkyl or cyclic N) is 2. The summed E-state index contributed by atoms with van der Waals surface area (Å²) in [5.74, 6) is 0. The average Bonchev–Trinajstić information content (AvgIpc) is 2.08. The van der Waals surface area contributed by atoms with Crippen LogP contribution in [0.25, 0.3) is 0 Å². The van der Waals surface area contributed by atoms with Crippen molar-refractivity contribution in [1.29, 1.82) is 0 Å². The molecular weight excluding hydrogens is 212 g/mol. The van der Waals surface area contributed by atoms with Crippen molar-refractivity contribution in [3.05, 3.63) is 0 Å². The van der Waals surface area contributed by atoms with E-state index in [1.165, 1.54) is 0 Å². The summed E-state index contributed by atoms with van der Waals surface area (Å²) in [4.78, 5) is 11.4. The molecule has 0 aromatic rings. The molecule has 0 radical (unpaired) electrons. The smallest absolute Gasteiger partial charge is 0.408 e. The van der Waals surface area contributed by atoms with Crippen molar-refractivity contribution in [2.24, 2.45) is 0 Å². The zero-order valence-electron chi connectivity index (χ0n) is 9.86. The third-order valence-corrected chi connectivity index (χ3v) is 2.22. The van der Waals surface area contributed by atoms with Gasteiger partial charge in [-0.05, 0) is 20.8 Å². The fourth-order valence-electron chi connectivity index (χ4n) is 1.53. The van der Waals surface area contributed by atoms with E-state index < -0.39 is 29.9 Å². The molecule has 1 aliphatic rings. The molecule has 1 saturated heterocycles. The van der Waals surface area contributed by atoms with Gasteiger partial charge in [0.25, 0.3) is 0 Å². The van der Waals surface area contributed by atoms with Crippen LogP contribution >= 0.6 is 0 Å². The van der Waals surface area contributed by atoms with E-state index in [1.54, 1.807) is 20.8 Å². The molecule has 4 N–H and O–H groups in total. The maximum atomic E-state index is 11.4. The highest BCUT2D eigenvalue weighted by Crippen LogP contribution is 2.09. The molecule has 1 heterocycles. The largest absolute Gasteiger partial charge is 0.444 e. The van der Waals surface area contributed by atoms with Crippen LogP contribution in [0, 0.1) is 0 Å². The van der Waals surface area contributed by atoms with E-state index in [1.807, 2.05) is 0 Å². The number of amides is 1. The number of carbonyl (C=O) groups is 1. The molecule has 1 rings (SSSR count). The molecule has 6 heteroatoms. The first kappa shape index (κ1) is 13.2. The second-order valence-corrected chi connectivity index (χ2v) is 4.96. The van der Waals surface area contributed by atoms with E-state index in [2.05, 4.69) is 10.6 Å². The Morgan fingerprint density at radius 2 is 1.81 bits per heavy atom. The average molecular weight is 232 g/mol. The van der Waals surface area contributed by atoms with Crippen molar-refractivity contribution in [1.82, 2.24) is 10.6 Å². The van der Waals surface area contributed by atoms with Crippen LogP contribution in [0.2, 0.25) is 0 Å². The van der Waals surface area contributed by atoms with Gasteiger partial charge >= 0.3 is 6.09 Å². The van der Waals surface area contributed by atoms with E-state index >= 15 is 0 Å². The summed E-state index contributed by atoms with van der Waals surface area (Å²) in [5, 5.41) is 24.5. The summed E-state index contributed by atoms with van der Waals surface area (Å²) in [6.07, 6.45) is -2.25. The third-order valence-electron chi connectivity index (χ3n) is 2.22. The first-order valence-electron chi connectivity index (χ1n) is 5.36. The predicted octanol–water partition coefficient (Wildman–Crippen LogP) is -0.795. The Hall–Kier alpha value is -0.850. The zero-order valence-corrected chi connectivity index (χ0v) is 9.86. The molecule has 1 aliphatic heterocycles. The maximum Gasteiger partial charge on any atom is 0.408 e. The lowest BCUT2D eigenvalue weighted by Crippen LogP contribution is -2.61. The van der Waals surface area contributed by atoms with Gasteiger partial charge in [0, 0.05) is 13.1 Å². The Morgan fingerprint density at radius 1 is 1.31 bits per heavy atom. The number of hydrogen-bond donors (Lipinski definition) is 4. The van der Waals surface area contributed by atoms with Crippen LogP contribution in [0.4, 0.5) is 4.79 Å². The second kappa shape index (κ2) is 4.99. The Kier molecular flexibility index (Phi) is 4.12. The third kappa shape index (κ3) is 3.96. The van der Waals surface area contributed by atoms with Gasteiger partial charge < -0.3 is 25.6 Å². The second-order valence-electron chi connectivity index (χ2n) is 4.96. The van der Waals surface area contributed by atoms with Crippen molar-refractivity contribution in [2.75, 3.05) is 13.1 Å². The fourth-order valence-corrected chi connectivity index (χ4v) is 1.53. The number of rotatable bonds is 1. The monoisotopic (exact) mass is 232 g/mol. The minimum Gasteiger partial charge on any atom is -0.444 e. The van der Waals surface area contributed by atoms with Crippen molar-refractivity contribution in [2.45, 2.75) is 44.6 Å². The van der Waals surface area contributed by atoms with Gasteiger partial charge in [-0.1, -0.05) is 0 Å². The van der Waals surface area contributed by atoms with Gasteiger partial charge in [0.1, 0.15) is 5.60 Å². The summed E-state index contributed by atoms with van der Waals surface area (Å²) in [5.41, 5.74) is -0.590. The minimum atomic E-state index is -0.809. The van der Waals surface area contributed by atoms with Crippen LogP contribution in [-0.4, -0.2) is 53.2 Å². The first-order chi connectivity index (χ1) is 7.29. The van der Waals surface area contributed by atoms with E-state index in [0.717, 1.165) is 0 Å². The van der Waals surface area contributed by atoms with Gasteiger partial charge in [-0.15, -0.1) is 0 Å². The molecule has 0 aliphatic carbocycles. The number of aliphatic hydroxyl groups excluding tert-OH is 2. The normalized spacial score (nSPS) is 30.9. The van der Waals surface area contributed by atoms with E-state index in [9.17, 15) is 15.0 Å². The quantitative estimate of drug-likeness (QED) is 0.475. The number of ether oxygens (including phenoxy) is 1. The van der Waals surface area contributed by atoms with Crippen molar-refractivity contribution in [3.8, 4) is 0 Å². The van der Waals surface area contributed by atoms with Crippen molar-refractivity contribution in [3.63, 3.8) is 0 Å². The van der Waals surface area contributed by atoms with Gasteiger partial charge in [0.15, 0.2) is 0 Å². The van der Waals surface area contributed by atoms with Crippen LogP contribution in [0.1, 0.15) is 20.8 Å². The molecule has 1 fully saturated rings. The lowest BCUT2D eigenvalue weighted by molar-refractivity contribution is -0.000203. The maximum absolute atomic E-state index is 11.4. The van der Waals surface area contributed by atoms with E-state index in [-0.39, 0.29) is 0 Å². The Balaban J connectivity index is 2.48. The molecule has 1 amide bonds. The molecule has 16 heavy (non-hydrogen) atoms. The number of hydrogen-bond acceptors (Lipinski definition) is 5. The summed E-state index contributed by atoms with van der Waals surface area (Å²) in [6.45, 7) is 5.95. The topological polar surface area (TPSA) is 90.8 Å². The molecule has 1 unspecified atom stereocenters. The standard InChI is InChI=1S/C10H20N2O4/c1-10(2,3)16-9(15)12-8-6(13)4-11-5-7(8)14/h6-8,11,13-14H,4-5H2,1-3H3,(H,12,15)/t6-,7+,8?. The Labute approximate surface area is 95.0 Å². The van der Waals surface area contributed by atoms with Gasteiger partial charge in [-0.25, -0.2) is 4.79 Å². The van der Waals surface area contributed by atoms with Crippen LogP contribution < -0.4 is 10.6 Å². The van der Waals surface area contributed by atoms with Crippen LogP contribution in [0.15, 0.2) is 0 Å². The summed E-state index contributed by atoms with van der Waals surface area (Å²) in [7, 11) is 0. The highest BCUT2D eigenvalue weighted by atomic mass is 16.6. The molecule has 0 saturated carbocycles. The predicted molar refractivity (Wildman–Crippen MR) is 58.0 cm³/mol. The number of piperidine rings is 1. The summed E-state index contributed by atoms with van der Waals surface area (Å²) >= 11 is 0. The molecule has 0 aromatic heterocycles. The fraction of sp³-hybridized carbons (Fsp3) is 0.900. The molecule has 94 valence electrons. The summed E-state index contributed by atoms with van der Waals surface area (Å²) < 4.78 is 5.04.